The molecule has 0 spiro atoms. The van der Waals surface area contributed by atoms with Gasteiger partial charge in [-0.25, -0.2) is 4.39 Å². The van der Waals surface area contributed by atoms with Gasteiger partial charge in [-0.3, -0.25) is 9.59 Å². The van der Waals surface area contributed by atoms with E-state index in [0.29, 0.717) is 25.7 Å². The Morgan fingerprint density at radius 2 is 1.78 bits per heavy atom. The number of halogens is 4. The SMILES string of the molecule is O=C(COc1ccc(Cl)c(F)c1)CC12CC(NC(=O)c3ccc4c(c3)OC(F)(F)O4)(C1)C2. The summed E-state index contributed by atoms with van der Waals surface area (Å²) in [5, 5.41) is 2.91. The number of amides is 1. The average molecular weight is 468 g/mol. The maximum atomic E-state index is 13.4. The normalized spacial score (nSPS) is 26.0. The highest BCUT2D eigenvalue weighted by molar-refractivity contribution is 6.30. The Morgan fingerprint density at radius 3 is 2.50 bits per heavy atom. The van der Waals surface area contributed by atoms with Crippen LogP contribution in [0.3, 0.4) is 0 Å². The Morgan fingerprint density at radius 1 is 1.06 bits per heavy atom. The number of carbonyl (C=O) groups is 2. The Hall–Kier alpha value is -2.94. The lowest BCUT2D eigenvalue weighted by Crippen LogP contribution is -2.75. The van der Waals surface area contributed by atoms with Crippen LogP contribution in [-0.4, -0.2) is 30.1 Å². The highest BCUT2D eigenvalue weighted by atomic mass is 35.5. The van der Waals surface area contributed by atoms with Crippen LogP contribution in [0.15, 0.2) is 36.4 Å². The fraction of sp³-hybridized carbons (Fsp3) is 0.364. The third-order valence-electron chi connectivity index (χ3n) is 6.05. The fourth-order valence-electron chi connectivity index (χ4n) is 4.92. The lowest BCUT2D eigenvalue weighted by molar-refractivity contribution is -0.286. The van der Waals surface area contributed by atoms with Crippen LogP contribution in [0.4, 0.5) is 13.2 Å². The van der Waals surface area contributed by atoms with E-state index in [1.807, 2.05) is 0 Å². The molecule has 2 bridgehead atoms. The number of benzene rings is 2. The number of nitrogens with one attached hydrogen (secondary N) is 1. The molecule has 0 saturated heterocycles. The van der Waals surface area contributed by atoms with Gasteiger partial charge < -0.3 is 19.5 Å². The summed E-state index contributed by atoms with van der Waals surface area (Å²) in [7, 11) is 0. The third-order valence-corrected chi connectivity index (χ3v) is 6.35. The van der Waals surface area contributed by atoms with Gasteiger partial charge in [-0.05, 0) is 55.0 Å². The van der Waals surface area contributed by atoms with Gasteiger partial charge in [-0.1, -0.05) is 11.6 Å². The molecule has 3 aliphatic carbocycles. The molecule has 168 valence electrons. The molecule has 4 aliphatic rings. The predicted octanol–water partition coefficient (Wildman–Crippen LogP) is 4.49. The summed E-state index contributed by atoms with van der Waals surface area (Å²) in [5.41, 5.74) is -0.378. The summed E-state index contributed by atoms with van der Waals surface area (Å²) >= 11 is 5.62. The number of hydrogen-bond donors (Lipinski definition) is 1. The minimum absolute atomic E-state index is 0.0245. The van der Waals surface area contributed by atoms with Gasteiger partial charge in [-0.15, -0.1) is 8.78 Å². The number of carbonyl (C=O) groups excluding carboxylic acids is 2. The summed E-state index contributed by atoms with van der Waals surface area (Å²) in [5.74, 6) is -1.23. The molecular formula is C22H17ClF3NO5. The van der Waals surface area contributed by atoms with Gasteiger partial charge in [0.15, 0.2) is 17.3 Å². The van der Waals surface area contributed by atoms with Crippen LogP contribution in [0.25, 0.3) is 0 Å². The second-order valence-electron chi connectivity index (χ2n) is 8.67. The molecule has 0 unspecified atom stereocenters. The largest absolute Gasteiger partial charge is 0.586 e. The molecule has 3 fully saturated rings. The van der Waals surface area contributed by atoms with Crippen molar-refractivity contribution in [3.63, 3.8) is 0 Å². The Labute approximate surface area is 185 Å². The molecule has 2 aromatic rings. The summed E-state index contributed by atoms with van der Waals surface area (Å²) in [6, 6.07) is 7.84. The van der Waals surface area contributed by atoms with Crippen LogP contribution >= 0.6 is 11.6 Å². The summed E-state index contributed by atoms with van der Waals surface area (Å²) in [6.07, 6.45) is -1.49. The van der Waals surface area contributed by atoms with E-state index in [4.69, 9.17) is 16.3 Å². The zero-order chi connectivity index (χ0) is 22.7. The first-order valence-corrected chi connectivity index (χ1v) is 10.3. The predicted molar refractivity (Wildman–Crippen MR) is 106 cm³/mol. The van der Waals surface area contributed by atoms with E-state index in [9.17, 15) is 22.8 Å². The van der Waals surface area contributed by atoms with Crippen molar-refractivity contribution in [1.82, 2.24) is 5.32 Å². The van der Waals surface area contributed by atoms with Gasteiger partial charge >= 0.3 is 6.29 Å². The van der Waals surface area contributed by atoms with E-state index in [1.54, 1.807) is 0 Å². The van der Waals surface area contributed by atoms with Crippen molar-refractivity contribution in [2.24, 2.45) is 5.41 Å². The molecule has 6 rings (SSSR count). The fourth-order valence-corrected chi connectivity index (χ4v) is 5.04. The molecule has 1 N–H and O–H groups in total. The number of fused-ring (bicyclic) bond motifs is 1. The topological polar surface area (TPSA) is 73.9 Å². The van der Waals surface area contributed by atoms with Crippen molar-refractivity contribution in [1.29, 1.82) is 0 Å². The molecule has 3 saturated carbocycles. The van der Waals surface area contributed by atoms with Crippen LogP contribution in [-0.2, 0) is 4.79 Å². The number of alkyl halides is 2. The van der Waals surface area contributed by atoms with Crippen molar-refractivity contribution in [3.8, 4) is 17.2 Å². The first-order valence-electron chi connectivity index (χ1n) is 9.88. The van der Waals surface area contributed by atoms with Gasteiger partial charge in [0.05, 0.1) is 5.02 Å². The Bertz CT molecular complexity index is 1120. The average Bonchev–Trinajstić information content (AvgIpc) is 2.99. The molecule has 10 heteroatoms. The summed E-state index contributed by atoms with van der Waals surface area (Å²) in [4.78, 5) is 24.8. The van der Waals surface area contributed by atoms with Gasteiger partial charge in [-0.2, -0.15) is 0 Å². The molecule has 2 aromatic carbocycles. The van der Waals surface area contributed by atoms with E-state index >= 15 is 0 Å². The molecule has 6 nitrogen and oxygen atoms in total. The van der Waals surface area contributed by atoms with Crippen LogP contribution in [0.5, 0.6) is 17.2 Å². The van der Waals surface area contributed by atoms with E-state index in [1.165, 1.54) is 30.3 Å². The second-order valence-corrected chi connectivity index (χ2v) is 9.08. The molecule has 1 heterocycles. The van der Waals surface area contributed by atoms with Gasteiger partial charge in [0.25, 0.3) is 5.91 Å². The smallest absolute Gasteiger partial charge is 0.486 e. The van der Waals surface area contributed by atoms with Crippen molar-refractivity contribution in [3.05, 3.63) is 52.8 Å². The lowest BCUT2D eigenvalue weighted by atomic mass is 9.38. The first-order chi connectivity index (χ1) is 15.1. The molecular weight excluding hydrogens is 451 g/mol. The minimum atomic E-state index is -3.74. The van der Waals surface area contributed by atoms with E-state index in [2.05, 4.69) is 14.8 Å². The van der Waals surface area contributed by atoms with Crippen LogP contribution < -0.4 is 19.5 Å². The quantitative estimate of drug-likeness (QED) is 0.649. The van der Waals surface area contributed by atoms with Gasteiger partial charge in [0, 0.05) is 23.6 Å². The molecule has 1 aliphatic heterocycles. The zero-order valence-electron chi connectivity index (χ0n) is 16.6. The van der Waals surface area contributed by atoms with Crippen molar-refractivity contribution >= 4 is 23.3 Å². The highest BCUT2D eigenvalue weighted by Crippen LogP contribution is 2.69. The van der Waals surface area contributed by atoms with Crippen molar-refractivity contribution in [2.45, 2.75) is 37.5 Å². The standard InChI is InChI=1S/C22H17ClF3NO5/c23-15-3-2-14(6-16(15)24)30-8-13(28)7-20-9-21(10-20,11-20)27-19(29)12-1-4-17-18(5-12)32-22(25,26)31-17/h1-6H,7-11H2,(H,27,29). The van der Waals surface area contributed by atoms with Crippen LogP contribution in [0.2, 0.25) is 5.02 Å². The van der Waals surface area contributed by atoms with Crippen molar-refractivity contribution < 1.29 is 37.0 Å². The molecule has 1 amide bonds. The number of hydrogen-bond acceptors (Lipinski definition) is 5. The Kier molecular flexibility index (Phi) is 4.60. The van der Waals surface area contributed by atoms with E-state index < -0.39 is 23.6 Å². The number of Topliss-reactive ketones (excluding diaryl/α,β-unsaturated/α-hetero) is 1. The van der Waals surface area contributed by atoms with Crippen molar-refractivity contribution in [2.75, 3.05) is 6.61 Å². The third kappa shape index (κ3) is 3.74. The first kappa shape index (κ1) is 20.9. The monoisotopic (exact) mass is 467 g/mol. The highest BCUT2D eigenvalue weighted by Gasteiger charge is 2.68. The minimum Gasteiger partial charge on any atom is -0.486 e. The maximum Gasteiger partial charge on any atom is 0.586 e. The van der Waals surface area contributed by atoms with Crippen LogP contribution in [0.1, 0.15) is 36.0 Å². The molecule has 32 heavy (non-hydrogen) atoms. The number of ether oxygens (including phenoxy) is 3. The molecule has 0 aromatic heterocycles. The second kappa shape index (κ2) is 7.03. The number of rotatable bonds is 7. The summed E-state index contributed by atoms with van der Waals surface area (Å²) in [6.45, 7) is -0.177. The number of ketones is 1. The summed E-state index contributed by atoms with van der Waals surface area (Å²) < 4.78 is 53.8. The van der Waals surface area contributed by atoms with E-state index in [-0.39, 0.29) is 45.6 Å². The molecule has 0 radical (unpaired) electrons. The maximum absolute atomic E-state index is 13.4. The zero-order valence-corrected chi connectivity index (χ0v) is 17.3. The van der Waals surface area contributed by atoms with Crippen LogP contribution in [0, 0.1) is 11.2 Å². The lowest BCUT2D eigenvalue weighted by Gasteiger charge is -2.70. The van der Waals surface area contributed by atoms with Gasteiger partial charge in [0.2, 0.25) is 0 Å². The Balaban J connectivity index is 1.11. The van der Waals surface area contributed by atoms with E-state index in [0.717, 1.165) is 6.07 Å². The van der Waals surface area contributed by atoms with Gasteiger partial charge in [0.1, 0.15) is 18.2 Å². The molecule has 0 atom stereocenters.